The lowest BCUT2D eigenvalue weighted by Gasteiger charge is -2.18. The minimum Gasteiger partial charge on any atom is -0.480 e. The molecule has 0 spiro atoms. The van der Waals surface area contributed by atoms with Crippen LogP contribution >= 0.6 is 0 Å². The largest absolute Gasteiger partial charge is 0.480 e. The van der Waals surface area contributed by atoms with Crippen molar-refractivity contribution in [3.8, 4) is 11.1 Å². The maximum Gasteiger partial charge on any atom is 0.326 e. The molecule has 0 saturated heterocycles. The fourth-order valence-corrected chi connectivity index (χ4v) is 3.86. The maximum absolute atomic E-state index is 13.0. The van der Waals surface area contributed by atoms with E-state index in [1.165, 1.54) is 0 Å². The van der Waals surface area contributed by atoms with Crippen molar-refractivity contribution in [2.24, 2.45) is 0 Å². The predicted octanol–water partition coefficient (Wildman–Crippen LogP) is 5.73. The number of hydrogen-bond acceptors (Lipinski definition) is 4. The summed E-state index contributed by atoms with van der Waals surface area (Å²) >= 11 is 0. The first-order valence-corrected chi connectivity index (χ1v) is 11.1. The summed E-state index contributed by atoms with van der Waals surface area (Å²) in [4.78, 5) is 25.1. The van der Waals surface area contributed by atoms with Gasteiger partial charge in [-0.2, -0.15) is 0 Å². The van der Waals surface area contributed by atoms with Crippen LogP contribution in [-0.2, 0) is 11.2 Å². The third-order valence-electron chi connectivity index (χ3n) is 5.71. The third kappa shape index (κ3) is 5.33. The lowest BCUT2D eigenvalue weighted by atomic mass is 9.99. The van der Waals surface area contributed by atoms with E-state index in [1.807, 2.05) is 67.7 Å². The van der Waals surface area contributed by atoms with Crippen molar-refractivity contribution >= 4 is 23.1 Å². The van der Waals surface area contributed by atoms with E-state index in [4.69, 9.17) is 0 Å². The molecule has 0 saturated carbocycles. The van der Waals surface area contributed by atoms with Crippen molar-refractivity contribution in [2.75, 3.05) is 17.7 Å². The van der Waals surface area contributed by atoms with Crippen LogP contribution in [0.2, 0.25) is 0 Å². The third-order valence-corrected chi connectivity index (χ3v) is 5.71. The summed E-state index contributed by atoms with van der Waals surface area (Å²) in [5.41, 5.74) is 5.56. The molecule has 0 bridgehead atoms. The highest BCUT2D eigenvalue weighted by atomic mass is 16.4. The molecule has 4 aromatic rings. The number of carbonyl (C=O) groups excluding carboxylic acids is 1. The zero-order chi connectivity index (χ0) is 23.9. The number of nitrogens with one attached hydrogen (secondary N) is 2. The second kappa shape index (κ2) is 10.5. The molecule has 0 amide bonds. The summed E-state index contributed by atoms with van der Waals surface area (Å²) in [5, 5.41) is 16.1. The number of carboxylic acid groups (broad SMARTS) is 1. The van der Waals surface area contributed by atoms with Crippen LogP contribution in [-0.4, -0.2) is 29.9 Å². The SMILES string of the molecule is CNc1cccc(-c2ccc(CC(Nc3ccccc3C(=O)c3ccccc3)C(=O)O)cc2)c1. The van der Waals surface area contributed by atoms with Gasteiger partial charge in [0.15, 0.2) is 5.78 Å². The zero-order valence-corrected chi connectivity index (χ0v) is 18.9. The van der Waals surface area contributed by atoms with Gasteiger partial charge in [-0.15, -0.1) is 0 Å². The molecule has 0 aromatic heterocycles. The molecule has 0 heterocycles. The Labute approximate surface area is 199 Å². The molecule has 34 heavy (non-hydrogen) atoms. The predicted molar refractivity (Wildman–Crippen MR) is 136 cm³/mol. The van der Waals surface area contributed by atoms with Crippen LogP contribution in [0.1, 0.15) is 21.5 Å². The standard InChI is InChI=1S/C29H26N2O3/c1-30-24-11-7-10-23(19-24)21-16-14-20(15-17-21)18-27(29(33)34)31-26-13-6-5-12-25(26)28(32)22-8-3-2-4-9-22/h2-17,19,27,30-31H,18H2,1H3,(H,33,34). The minimum atomic E-state index is -0.979. The fraction of sp³-hybridized carbons (Fsp3) is 0.103. The highest BCUT2D eigenvalue weighted by Gasteiger charge is 2.21. The monoisotopic (exact) mass is 450 g/mol. The number of benzene rings is 4. The Morgan fingerprint density at radius 1 is 0.794 bits per heavy atom. The van der Waals surface area contributed by atoms with Crippen molar-refractivity contribution in [3.05, 3.63) is 120 Å². The molecule has 5 nitrogen and oxygen atoms in total. The summed E-state index contributed by atoms with van der Waals surface area (Å²) in [7, 11) is 1.88. The van der Waals surface area contributed by atoms with Gasteiger partial charge in [0.1, 0.15) is 6.04 Å². The van der Waals surface area contributed by atoms with E-state index < -0.39 is 12.0 Å². The lowest BCUT2D eigenvalue weighted by Crippen LogP contribution is -2.32. The quantitative estimate of drug-likeness (QED) is 0.284. The Bertz CT molecular complexity index is 1280. The summed E-state index contributed by atoms with van der Waals surface area (Å²) in [6.45, 7) is 0. The molecule has 0 aliphatic carbocycles. The molecule has 5 heteroatoms. The van der Waals surface area contributed by atoms with Gasteiger partial charge < -0.3 is 15.7 Å². The molecule has 1 atom stereocenters. The van der Waals surface area contributed by atoms with Crippen LogP contribution in [0.4, 0.5) is 11.4 Å². The van der Waals surface area contributed by atoms with Crippen LogP contribution in [0, 0.1) is 0 Å². The second-order valence-electron chi connectivity index (χ2n) is 8.01. The number of anilines is 2. The van der Waals surface area contributed by atoms with Crippen LogP contribution in [0.5, 0.6) is 0 Å². The Balaban J connectivity index is 1.53. The average Bonchev–Trinajstić information content (AvgIpc) is 2.89. The van der Waals surface area contributed by atoms with Gasteiger partial charge in [0.05, 0.1) is 0 Å². The normalized spacial score (nSPS) is 11.4. The molecular formula is C29H26N2O3. The Morgan fingerprint density at radius 3 is 2.21 bits per heavy atom. The van der Waals surface area contributed by atoms with Gasteiger partial charge in [0.25, 0.3) is 0 Å². The molecule has 0 aliphatic rings. The van der Waals surface area contributed by atoms with E-state index in [-0.39, 0.29) is 12.2 Å². The van der Waals surface area contributed by atoms with Gasteiger partial charge in [0.2, 0.25) is 0 Å². The van der Waals surface area contributed by atoms with Gasteiger partial charge in [-0.05, 0) is 41.0 Å². The van der Waals surface area contributed by atoms with E-state index in [1.54, 1.807) is 36.4 Å². The molecular weight excluding hydrogens is 424 g/mol. The van der Waals surface area contributed by atoms with E-state index in [0.29, 0.717) is 16.8 Å². The van der Waals surface area contributed by atoms with Gasteiger partial charge >= 0.3 is 5.97 Å². The Kier molecular flexibility index (Phi) is 7.04. The number of carbonyl (C=O) groups is 2. The van der Waals surface area contributed by atoms with Crippen LogP contribution in [0.15, 0.2) is 103 Å². The van der Waals surface area contributed by atoms with Crippen molar-refractivity contribution in [3.63, 3.8) is 0 Å². The molecule has 1 unspecified atom stereocenters. The number of aliphatic carboxylic acids is 1. The molecule has 0 radical (unpaired) electrons. The molecule has 0 aliphatic heterocycles. The van der Waals surface area contributed by atoms with Crippen LogP contribution in [0.3, 0.4) is 0 Å². The van der Waals surface area contributed by atoms with E-state index in [9.17, 15) is 14.7 Å². The number of rotatable bonds is 9. The smallest absolute Gasteiger partial charge is 0.326 e. The van der Waals surface area contributed by atoms with Gasteiger partial charge in [-0.3, -0.25) is 4.79 Å². The summed E-state index contributed by atoms with van der Waals surface area (Å²) in [6, 6.07) is 31.1. The Morgan fingerprint density at radius 2 is 1.50 bits per heavy atom. The first-order chi connectivity index (χ1) is 16.5. The summed E-state index contributed by atoms with van der Waals surface area (Å²) in [5.74, 6) is -1.13. The first-order valence-electron chi connectivity index (χ1n) is 11.1. The number of para-hydroxylation sites is 1. The highest BCUT2D eigenvalue weighted by molar-refractivity contribution is 6.12. The number of ketones is 1. The maximum atomic E-state index is 13.0. The van der Waals surface area contributed by atoms with Crippen molar-refractivity contribution in [2.45, 2.75) is 12.5 Å². The minimum absolute atomic E-state index is 0.152. The topological polar surface area (TPSA) is 78.4 Å². The van der Waals surface area contributed by atoms with Crippen LogP contribution in [0.25, 0.3) is 11.1 Å². The number of hydrogen-bond donors (Lipinski definition) is 3. The molecule has 170 valence electrons. The second-order valence-corrected chi connectivity index (χ2v) is 8.01. The highest BCUT2D eigenvalue weighted by Crippen LogP contribution is 2.24. The van der Waals surface area contributed by atoms with Gasteiger partial charge in [-0.25, -0.2) is 4.79 Å². The van der Waals surface area contributed by atoms with Gasteiger partial charge in [0, 0.05) is 36.0 Å². The number of carboxylic acids is 1. The molecule has 3 N–H and O–H groups in total. The van der Waals surface area contributed by atoms with Crippen molar-refractivity contribution < 1.29 is 14.7 Å². The molecule has 4 aromatic carbocycles. The summed E-state index contributed by atoms with van der Waals surface area (Å²) in [6.07, 6.45) is 0.278. The Hall–Kier alpha value is -4.38. The summed E-state index contributed by atoms with van der Waals surface area (Å²) < 4.78 is 0. The molecule has 0 fully saturated rings. The van der Waals surface area contributed by atoms with E-state index in [0.717, 1.165) is 22.4 Å². The van der Waals surface area contributed by atoms with Gasteiger partial charge in [-0.1, -0.05) is 78.9 Å². The average molecular weight is 451 g/mol. The van der Waals surface area contributed by atoms with E-state index >= 15 is 0 Å². The van der Waals surface area contributed by atoms with E-state index in [2.05, 4.69) is 16.7 Å². The van der Waals surface area contributed by atoms with Crippen molar-refractivity contribution in [1.29, 1.82) is 0 Å². The van der Waals surface area contributed by atoms with Crippen LogP contribution < -0.4 is 10.6 Å². The lowest BCUT2D eigenvalue weighted by molar-refractivity contribution is -0.137. The fourth-order valence-electron chi connectivity index (χ4n) is 3.86. The molecule has 4 rings (SSSR count). The van der Waals surface area contributed by atoms with Crippen molar-refractivity contribution in [1.82, 2.24) is 0 Å². The zero-order valence-electron chi connectivity index (χ0n) is 18.9. The first kappa shape index (κ1) is 22.8.